The number of aliphatic hydroxyl groups excluding tert-OH is 2. The van der Waals surface area contributed by atoms with Gasteiger partial charge in [-0.1, -0.05) is 0 Å². The average molecular weight is 185 g/mol. The van der Waals surface area contributed by atoms with E-state index in [-0.39, 0.29) is 0 Å². The lowest BCUT2D eigenvalue weighted by atomic mass is 10.1. The summed E-state index contributed by atoms with van der Waals surface area (Å²) in [5.74, 6) is 0. The number of hydrogen-bond donors (Lipinski definition) is 4. The largest absolute Gasteiger partial charge is 0.389 e. The number of rotatable bonds is 4. The SMILES string of the molecule is CNCC(O)C(O)c1nc[nH]c1C. The van der Waals surface area contributed by atoms with Gasteiger partial charge in [0.15, 0.2) is 0 Å². The first-order valence-electron chi connectivity index (χ1n) is 4.17. The summed E-state index contributed by atoms with van der Waals surface area (Å²) in [5.41, 5.74) is 1.28. The van der Waals surface area contributed by atoms with Crippen molar-refractivity contribution in [2.75, 3.05) is 13.6 Å². The van der Waals surface area contributed by atoms with E-state index in [1.807, 2.05) is 0 Å². The van der Waals surface area contributed by atoms with Gasteiger partial charge in [-0.15, -0.1) is 0 Å². The van der Waals surface area contributed by atoms with E-state index in [4.69, 9.17) is 0 Å². The summed E-state index contributed by atoms with van der Waals surface area (Å²) >= 11 is 0. The van der Waals surface area contributed by atoms with Crippen LogP contribution in [0.5, 0.6) is 0 Å². The molecule has 0 aliphatic rings. The Hall–Kier alpha value is -0.910. The van der Waals surface area contributed by atoms with Gasteiger partial charge >= 0.3 is 0 Å². The molecule has 0 aromatic carbocycles. The minimum Gasteiger partial charge on any atom is -0.389 e. The highest BCUT2D eigenvalue weighted by molar-refractivity contribution is 5.13. The molecule has 5 nitrogen and oxygen atoms in total. The molecule has 0 aliphatic carbocycles. The van der Waals surface area contributed by atoms with E-state index in [2.05, 4.69) is 15.3 Å². The number of nitrogens with zero attached hydrogens (tertiary/aromatic N) is 1. The van der Waals surface area contributed by atoms with Crippen molar-refractivity contribution in [3.05, 3.63) is 17.7 Å². The number of aliphatic hydroxyl groups is 2. The van der Waals surface area contributed by atoms with Crippen LogP contribution in [0.3, 0.4) is 0 Å². The highest BCUT2D eigenvalue weighted by atomic mass is 16.3. The maximum Gasteiger partial charge on any atom is 0.125 e. The second-order valence-corrected chi connectivity index (χ2v) is 2.98. The van der Waals surface area contributed by atoms with Crippen molar-refractivity contribution < 1.29 is 10.2 Å². The van der Waals surface area contributed by atoms with Crippen LogP contribution in [0.2, 0.25) is 0 Å². The molecule has 0 fully saturated rings. The quantitative estimate of drug-likeness (QED) is 0.501. The van der Waals surface area contributed by atoms with Crippen LogP contribution in [0.15, 0.2) is 6.33 Å². The van der Waals surface area contributed by atoms with Crippen LogP contribution in [-0.2, 0) is 0 Å². The molecule has 2 atom stereocenters. The first-order chi connectivity index (χ1) is 6.16. The van der Waals surface area contributed by atoms with Gasteiger partial charge in [-0.05, 0) is 14.0 Å². The lowest BCUT2D eigenvalue weighted by Gasteiger charge is -2.15. The summed E-state index contributed by atoms with van der Waals surface area (Å²) < 4.78 is 0. The molecule has 74 valence electrons. The normalized spacial score (nSPS) is 15.7. The Labute approximate surface area is 76.8 Å². The third kappa shape index (κ3) is 2.27. The molecule has 4 N–H and O–H groups in total. The van der Waals surface area contributed by atoms with Crippen molar-refractivity contribution in [1.29, 1.82) is 0 Å². The molecule has 0 bridgehead atoms. The number of nitrogens with one attached hydrogen (secondary N) is 2. The highest BCUT2D eigenvalue weighted by Crippen LogP contribution is 2.16. The number of hydrogen-bond acceptors (Lipinski definition) is 4. The Bertz CT molecular complexity index is 262. The molecule has 0 saturated heterocycles. The van der Waals surface area contributed by atoms with Gasteiger partial charge in [-0.2, -0.15) is 0 Å². The molecular weight excluding hydrogens is 170 g/mol. The van der Waals surface area contributed by atoms with E-state index in [1.54, 1.807) is 14.0 Å². The van der Waals surface area contributed by atoms with Crippen molar-refractivity contribution in [1.82, 2.24) is 15.3 Å². The molecule has 0 saturated carbocycles. The molecule has 0 radical (unpaired) electrons. The maximum absolute atomic E-state index is 9.62. The minimum absolute atomic E-state index is 0.341. The van der Waals surface area contributed by atoms with Gasteiger partial charge in [0.05, 0.1) is 18.1 Å². The summed E-state index contributed by atoms with van der Waals surface area (Å²) in [4.78, 5) is 6.77. The third-order valence-corrected chi connectivity index (χ3v) is 1.93. The Morgan fingerprint density at radius 2 is 2.31 bits per heavy atom. The third-order valence-electron chi connectivity index (χ3n) is 1.93. The van der Waals surface area contributed by atoms with Crippen molar-refractivity contribution in [2.24, 2.45) is 0 Å². The number of imidazole rings is 1. The van der Waals surface area contributed by atoms with E-state index in [0.717, 1.165) is 5.69 Å². The van der Waals surface area contributed by atoms with Crippen molar-refractivity contribution in [3.63, 3.8) is 0 Å². The zero-order chi connectivity index (χ0) is 9.84. The van der Waals surface area contributed by atoms with Crippen molar-refractivity contribution in [3.8, 4) is 0 Å². The van der Waals surface area contributed by atoms with Crippen LogP contribution in [0.1, 0.15) is 17.5 Å². The molecule has 5 heteroatoms. The summed E-state index contributed by atoms with van der Waals surface area (Å²) in [6.45, 7) is 2.14. The van der Waals surface area contributed by atoms with Crippen LogP contribution in [-0.4, -0.2) is 39.9 Å². The van der Waals surface area contributed by atoms with Crippen LogP contribution >= 0.6 is 0 Å². The van der Waals surface area contributed by atoms with Gasteiger partial charge in [0, 0.05) is 12.2 Å². The molecule has 0 aliphatic heterocycles. The smallest absolute Gasteiger partial charge is 0.125 e. The molecule has 1 aromatic rings. The van der Waals surface area contributed by atoms with E-state index >= 15 is 0 Å². The second-order valence-electron chi connectivity index (χ2n) is 2.98. The number of likely N-dealkylation sites (N-methyl/N-ethyl adjacent to an activating group) is 1. The summed E-state index contributed by atoms with van der Waals surface area (Å²) in [6, 6.07) is 0. The lowest BCUT2D eigenvalue weighted by Crippen LogP contribution is -2.30. The summed E-state index contributed by atoms with van der Waals surface area (Å²) in [7, 11) is 1.72. The number of aromatic nitrogens is 2. The van der Waals surface area contributed by atoms with Gasteiger partial charge in [0.1, 0.15) is 6.10 Å². The van der Waals surface area contributed by atoms with Crippen LogP contribution in [0.4, 0.5) is 0 Å². The van der Waals surface area contributed by atoms with Gasteiger partial charge in [0.25, 0.3) is 0 Å². The summed E-state index contributed by atoms with van der Waals surface area (Å²) in [5, 5.41) is 21.8. The molecule has 1 rings (SSSR count). The van der Waals surface area contributed by atoms with Crippen LogP contribution in [0, 0.1) is 6.92 Å². The van der Waals surface area contributed by atoms with E-state index in [1.165, 1.54) is 6.33 Å². The predicted molar refractivity (Wildman–Crippen MR) is 48.2 cm³/mol. The van der Waals surface area contributed by atoms with Crippen molar-refractivity contribution in [2.45, 2.75) is 19.1 Å². The maximum atomic E-state index is 9.62. The number of aryl methyl sites for hydroxylation is 1. The first kappa shape index (κ1) is 10.2. The van der Waals surface area contributed by atoms with E-state index in [0.29, 0.717) is 12.2 Å². The van der Waals surface area contributed by atoms with Gasteiger partial charge in [-0.25, -0.2) is 4.98 Å². The molecule has 13 heavy (non-hydrogen) atoms. The molecule has 1 heterocycles. The topological polar surface area (TPSA) is 81.2 Å². The monoisotopic (exact) mass is 185 g/mol. The van der Waals surface area contributed by atoms with Crippen molar-refractivity contribution >= 4 is 0 Å². The van der Waals surface area contributed by atoms with E-state index in [9.17, 15) is 10.2 Å². The fraction of sp³-hybridized carbons (Fsp3) is 0.625. The zero-order valence-corrected chi connectivity index (χ0v) is 7.78. The summed E-state index contributed by atoms with van der Waals surface area (Å²) in [6.07, 6.45) is -0.259. The van der Waals surface area contributed by atoms with Gasteiger partial charge in [0.2, 0.25) is 0 Å². The number of H-pyrrole nitrogens is 1. The standard InChI is InChI=1S/C8H15N3O2/c1-5-7(11-4-10-5)8(13)6(12)3-9-2/h4,6,8-9,12-13H,3H2,1-2H3,(H,10,11). The Kier molecular flexibility index (Phi) is 3.41. The minimum atomic E-state index is -0.932. The molecule has 2 unspecified atom stereocenters. The Balaban J connectivity index is 2.67. The second kappa shape index (κ2) is 4.36. The zero-order valence-electron chi connectivity index (χ0n) is 7.78. The molecule has 0 spiro atoms. The molecule has 0 amide bonds. The van der Waals surface area contributed by atoms with Crippen LogP contribution < -0.4 is 5.32 Å². The fourth-order valence-electron chi connectivity index (χ4n) is 1.17. The fourth-order valence-corrected chi connectivity index (χ4v) is 1.17. The highest BCUT2D eigenvalue weighted by Gasteiger charge is 2.20. The van der Waals surface area contributed by atoms with Gasteiger partial charge < -0.3 is 20.5 Å². The Morgan fingerprint density at radius 1 is 1.62 bits per heavy atom. The Morgan fingerprint density at radius 3 is 2.77 bits per heavy atom. The molecule has 1 aromatic heterocycles. The van der Waals surface area contributed by atoms with E-state index < -0.39 is 12.2 Å². The molecular formula is C8H15N3O2. The average Bonchev–Trinajstić information content (AvgIpc) is 2.50. The number of aromatic amines is 1. The first-order valence-corrected chi connectivity index (χ1v) is 4.17. The van der Waals surface area contributed by atoms with Crippen LogP contribution in [0.25, 0.3) is 0 Å². The van der Waals surface area contributed by atoms with Gasteiger partial charge in [-0.3, -0.25) is 0 Å². The lowest BCUT2D eigenvalue weighted by molar-refractivity contribution is 0.0175. The predicted octanol–water partition coefficient (Wildman–Crippen LogP) is -0.668.